The van der Waals surface area contributed by atoms with E-state index < -0.39 is 17.8 Å². The molecular formula is C37H41Cl2N3O7S. The number of benzene rings is 2. The number of aromatic carboxylic acids is 1. The van der Waals surface area contributed by atoms with Gasteiger partial charge in [0.15, 0.2) is 11.5 Å². The van der Waals surface area contributed by atoms with Crippen molar-refractivity contribution in [3.05, 3.63) is 109 Å². The highest BCUT2D eigenvalue weighted by Gasteiger charge is 2.28. The second-order valence-corrected chi connectivity index (χ2v) is 14.4. The number of likely N-dealkylation sites (tertiary alicyclic amines) is 1. The first-order chi connectivity index (χ1) is 24.1. The van der Waals surface area contributed by atoms with E-state index >= 15 is 0 Å². The van der Waals surface area contributed by atoms with Gasteiger partial charge >= 0.3 is 5.97 Å². The van der Waals surface area contributed by atoms with Crippen LogP contribution in [0.5, 0.6) is 11.5 Å². The zero-order chi connectivity index (χ0) is 35.8. The lowest BCUT2D eigenvalue weighted by Crippen LogP contribution is -2.34. The van der Waals surface area contributed by atoms with Crippen LogP contribution in [0.3, 0.4) is 0 Å². The fourth-order valence-electron chi connectivity index (χ4n) is 6.27. The number of carboxylic acids is 1. The van der Waals surface area contributed by atoms with Gasteiger partial charge < -0.3 is 34.3 Å². The van der Waals surface area contributed by atoms with E-state index in [1.54, 1.807) is 12.1 Å². The van der Waals surface area contributed by atoms with Crippen molar-refractivity contribution >= 4 is 46.5 Å². The summed E-state index contributed by atoms with van der Waals surface area (Å²) in [6, 6.07) is 16.7. The lowest BCUT2D eigenvalue weighted by molar-refractivity contribution is -0.904. The molecule has 1 saturated heterocycles. The Labute approximate surface area is 306 Å². The van der Waals surface area contributed by atoms with Crippen LogP contribution in [0, 0.1) is 5.92 Å². The molecule has 2 atom stereocenters. The number of methoxy groups -OCH3 is 2. The number of carbonyl (C=O) groups is 2. The van der Waals surface area contributed by atoms with Crippen LogP contribution in [-0.2, 0) is 22.5 Å². The van der Waals surface area contributed by atoms with Crippen LogP contribution in [0.1, 0.15) is 61.5 Å². The molecule has 50 heavy (non-hydrogen) atoms. The van der Waals surface area contributed by atoms with Gasteiger partial charge in [-0.2, -0.15) is 0 Å². The molecule has 2 N–H and O–H groups in total. The number of hydrogen-bond donors (Lipinski definition) is 2. The molecule has 1 fully saturated rings. The summed E-state index contributed by atoms with van der Waals surface area (Å²) >= 11 is 14.2. The summed E-state index contributed by atoms with van der Waals surface area (Å²) in [7, 11) is 5.16. The number of hydrogen-bond acceptors (Lipinski definition) is 10. The van der Waals surface area contributed by atoms with Crippen molar-refractivity contribution in [3.63, 3.8) is 0 Å². The molecule has 1 unspecified atom stereocenters. The molecule has 0 aliphatic carbocycles. The number of nitrogens with zero attached hydrogens (tertiary/aromatic N) is 2. The molecule has 2 aromatic heterocycles. The maximum absolute atomic E-state index is 13.4. The van der Waals surface area contributed by atoms with Crippen molar-refractivity contribution in [1.29, 1.82) is 0 Å². The first-order valence-electron chi connectivity index (χ1n) is 16.3. The number of rotatable bonds is 15. The number of aromatic nitrogens is 1. The summed E-state index contributed by atoms with van der Waals surface area (Å²) in [6.07, 6.45) is 4.83. The number of thiophene rings is 1. The van der Waals surface area contributed by atoms with Crippen LogP contribution in [0.15, 0.2) is 67.0 Å². The predicted octanol–water partition coefficient (Wildman–Crippen LogP) is 5.09. The molecule has 0 amide bonds. The zero-order valence-corrected chi connectivity index (χ0v) is 30.5. The van der Waals surface area contributed by atoms with Gasteiger partial charge in [0, 0.05) is 34.2 Å². The summed E-state index contributed by atoms with van der Waals surface area (Å²) in [4.78, 5) is 29.1. The monoisotopic (exact) mass is 741 g/mol. The van der Waals surface area contributed by atoms with E-state index in [9.17, 15) is 19.9 Å². The molecule has 0 saturated carbocycles. The third-order valence-corrected chi connectivity index (χ3v) is 10.9. The van der Waals surface area contributed by atoms with E-state index in [-0.39, 0.29) is 27.3 Å². The molecule has 10 nitrogen and oxygen atoms in total. The minimum Gasteiger partial charge on any atom is -0.544 e. The normalized spacial score (nSPS) is 15.0. The fourth-order valence-corrected chi connectivity index (χ4v) is 7.90. The number of pyridine rings is 1. The van der Waals surface area contributed by atoms with Crippen molar-refractivity contribution in [1.82, 2.24) is 10.2 Å². The van der Waals surface area contributed by atoms with Crippen LogP contribution >= 0.6 is 34.5 Å². The van der Waals surface area contributed by atoms with Crippen LogP contribution in [0.4, 0.5) is 0 Å². The highest BCUT2D eigenvalue weighted by Crippen LogP contribution is 2.40. The molecule has 1 aliphatic rings. The van der Waals surface area contributed by atoms with Gasteiger partial charge in [0.2, 0.25) is 12.4 Å². The van der Waals surface area contributed by atoms with Gasteiger partial charge in [-0.15, -0.1) is 11.3 Å². The van der Waals surface area contributed by atoms with Crippen LogP contribution in [0.2, 0.25) is 10.0 Å². The molecule has 2 aromatic carbocycles. The minimum atomic E-state index is -1.32. The standard InChI is InChI=1S/C37H41Cl2N3O7S/c1-41-13-11-23(12-14-41)22-49-37(45)30(24-7-5-4-6-8-24)19-40-18-26-16-28(35(50-26)36(43)44)27(17-29-31(38)20-42(46)21-32(29)39)25-9-10-33(47-2)34(15-25)48-3/h4-10,15-16,20-21,23,27,30,40H,11-14,17-19,22H2,1-3H3,(H-,43,44,46)/t27-,30?/m0/s1. The van der Waals surface area contributed by atoms with Gasteiger partial charge in [0.1, 0.15) is 10.0 Å². The van der Waals surface area contributed by atoms with E-state index in [0.29, 0.717) is 48.2 Å². The lowest BCUT2D eigenvalue weighted by Gasteiger charge is -2.29. The third kappa shape index (κ3) is 9.26. The smallest absolute Gasteiger partial charge is 0.314 e. The SMILES string of the molecule is COc1ccc([C@H](Cc2c(Cl)c[n+](O)cc2Cl)c2cc(CNCC(C(=O)OCC3CCN(C)CC3)c3ccccc3)sc2C(=O)[O-])cc1OC. The summed E-state index contributed by atoms with van der Waals surface area (Å²) in [5.41, 5.74) is 2.60. The number of piperidine rings is 1. The Morgan fingerprint density at radius 1 is 1.02 bits per heavy atom. The second kappa shape index (κ2) is 17.4. The quantitative estimate of drug-likeness (QED) is 0.0974. The molecule has 266 valence electrons. The Balaban J connectivity index is 1.40. The van der Waals surface area contributed by atoms with E-state index in [0.717, 1.165) is 58.0 Å². The Morgan fingerprint density at radius 2 is 1.70 bits per heavy atom. The highest BCUT2D eigenvalue weighted by atomic mass is 35.5. The van der Waals surface area contributed by atoms with Crippen LogP contribution in [0.25, 0.3) is 0 Å². The van der Waals surface area contributed by atoms with Gasteiger partial charge in [-0.05, 0) is 80.2 Å². The lowest BCUT2D eigenvalue weighted by atomic mass is 9.85. The number of nitrogens with one attached hydrogen (secondary N) is 1. The second-order valence-electron chi connectivity index (χ2n) is 12.4. The number of ether oxygens (including phenoxy) is 3. The van der Waals surface area contributed by atoms with E-state index in [1.165, 1.54) is 26.6 Å². The van der Waals surface area contributed by atoms with Crippen molar-refractivity contribution in [2.24, 2.45) is 5.92 Å². The molecule has 0 radical (unpaired) electrons. The van der Waals surface area contributed by atoms with Crippen molar-refractivity contribution < 1.29 is 38.8 Å². The molecule has 5 rings (SSSR count). The number of halogens is 2. The predicted molar refractivity (Wildman–Crippen MR) is 190 cm³/mol. The van der Waals surface area contributed by atoms with Gasteiger partial charge in [-0.3, -0.25) is 10.0 Å². The highest BCUT2D eigenvalue weighted by molar-refractivity contribution is 7.14. The van der Waals surface area contributed by atoms with Gasteiger partial charge in [-0.1, -0.05) is 59.6 Å². The summed E-state index contributed by atoms with van der Waals surface area (Å²) in [6.45, 7) is 2.96. The van der Waals surface area contributed by atoms with Crippen molar-refractivity contribution in [3.8, 4) is 11.5 Å². The summed E-state index contributed by atoms with van der Waals surface area (Å²) in [5, 5.41) is 26.3. The summed E-state index contributed by atoms with van der Waals surface area (Å²) < 4.78 is 17.6. The average Bonchev–Trinajstić information content (AvgIpc) is 3.53. The Morgan fingerprint density at radius 3 is 2.34 bits per heavy atom. The Kier molecular flexibility index (Phi) is 13.0. The Bertz CT molecular complexity index is 1760. The van der Waals surface area contributed by atoms with Gasteiger partial charge in [0.25, 0.3) is 0 Å². The van der Waals surface area contributed by atoms with Gasteiger partial charge in [-0.25, -0.2) is 0 Å². The maximum Gasteiger partial charge on any atom is 0.314 e. The van der Waals surface area contributed by atoms with E-state index in [1.807, 2.05) is 42.5 Å². The third-order valence-electron chi connectivity index (χ3n) is 9.09. The molecule has 1 aliphatic heterocycles. The van der Waals surface area contributed by atoms with Gasteiger partial charge in [0.05, 0.1) is 37.6 Å². The molecule has 0 bridgehead atoms. The van der Waals surface area contributed by atoms with Crippen molar-refractivity contribution in [2.45, 2.75) is 37.6 Å². The molecule has 0 spiro atoms. The van der Waals surface area contributed by atoms with E-state index in [2.05, 4.69) is 17.3 Å². The molecular weight excluding hydrogens is 701 g/mol. The zero-order valence-electron chi connectivity index (χ0n) is 28.2. The van der Waals surface area contributed by atoms with Crippen molar-refractivity contribution in [2.75, 3.05) is 47.5 Å². The summed E-state index contributed by atoms with van der Waals surface area (Å²) in [5.74, 6) is -1.38. The number of carboxylic acid groups (broad SMARTS) is 1. The number of carbonyl (C=O) groups excluding carboxylic acids is 2. The maximum atomic E-state index is 13.4. The van der Waals surface area contributed by atoms with Crippen LogP contribution < -0.4 is 24.6 Å². The molecule has 4 aromatic rings. The van der Waals surface area contributed by atoms with Crippen LogP contribution in [-0.4, -0.2) is 69.6 Å². The van der Waals surface area contributed by atoms with E-state index in [4.69, 9.17) is 37.4 Å². The Hall–Kier alpha value is -3.87. The molecule has 3 heterocycles. The molecule has 13 heteroatoms. The first kappa shape index (κ1) is 37.4. The first-order valence-corrected chi connectivity index (χ1v) is 17.9. The minimum absolute atomic E-state index is 0.0547. The topological polar surface area (TPSA) is 124 Å². The fraction of sp³-hybridized carbons (Fsp3) is 0.378. The average molecular weight is 743 g/mol. The number of esters is 1. The largest absolute Gasteiger partial charge is 0.544 e.